The van der Waals surface area contributed by atoms with E-state index in [-0.39, 0.29) is 5.60 Å². The van der Waals surface area contributed by atoms with Gasteiger partial charge in [-0.25, -0.2) is 0 Å². The first kappa shape index (κ1) is 4.73. The van der Waals surface area contributed by atoms with E-state index in [0.717, 1.165) is 30.6 Å². The van der Waals surface area contributed by atoms with E-state index in [2.05, 4.69) is 0 Å². The SMILES string of the molecule is OC12CCC3CC3C1C2. The molecule has 0 bridgehead atoms. The van der Waals surface area contributed by atoms with E-state index in [9.17, 15) is 5.11 Å². The highest BCUT2D eigenvalue weighted by Crippen LogP contribution is 2.67. The van der Waals surface area contributed by atoms with Crippen LogP contribution in [-0.4, -0.2) is 10.7 Å². The number of hydrogen-bond acceptors (Lipinski definition) is 1. The Bertz CT molecular complexity index is 166. The summed E-state index contributed by atoms with van der Waals surface area (Å²) in [5, 5.41) is 9.65. The molecule has 0 radical (unpaired) electrons. The molecule has 3 saturated carbocycles. The number of aliphatic hydroxyl groups is 1. The minimum absolute atomic E-state index is 0.141. The summed E-state index contributed by atoms with van der Waals surface area (Å²) in [6, 6.07) is 0. The van der Waals surface area contributed by atoms with Crippen molar-refractivity contribution in [3.05, 3.63) is 0 Å². The van der Waals surface area contributed by atoms with E-state index in [1.54, 1.807) is 0 Å². The van der Waals surface area contributed by atoms with E-state index < -0.39 is 0 Å². The second-order valence-electron chi connectivity index (χ2n) is 4.11. The average molecular weight is 124 g/mol. The molecule has 3 fully saturated rings. The lowest BCUT2D eigenvalue weighted by Crippen LogP contribution is -2.16. The van der Waals surface area contributed by atoms with Crippen LogP contribution in [-0.2, 0) is 0 Å². The molecular weight excluding hydrogens is 112 g/mol. The second-order valence-corrected chi connectivity index (χ2v) is 4.11. The Balaban J connectivity index is 1.90. The highest BCUT2D eigenvalue weighted by Gasteiger charge is 2.65. The molecule has 50 valence electrons. The Morgan fingerprint density at radius 2 is 2.33 bits per heavy atom. The summed E-state index contributed by atoms with van der Waals surface area (Å²) in [5.41, 5.74) is -0.141. The van der Waals surface area contributed by atoms with Crippen LogP contribution in [0.2, 0.25) is 0 Å². The maximum Gasteiger partial charge on any atom is 0.0683 e. The third-order valence-electron chi connectivity index (χ3n) is 3.55. The number of rotatable bonds is 0. The van der Waals surface area contributed by atoms with Crippen LogP contribution in [0.4, 0.5) is 0 Å². The molecule has 3 aliphatic carbocycles. The summed E-state index contributed by atoms with van der Waals surface area (Å²) in [7, 11) is 0. The normalized spacial score (nSPS) is 68.3. The van der Waals surface area contributed by atoms with Crippen molar-refractivity contribution < 1.29 is 5.11 Å². The average Bonchev–Trinajstić information content (AvgIpc) is 2.52. The molecule has 1 nitrogen and oxygen atoms in total. The maximum atomic E-state index is 9.65. The second kappa shape index (κ2) is 1.07. The molecule has 1 N–H and O–H groups in total. The maximum absolute atomic E-state index is 9.65. The van der Waals surface area contributed by atoms with Crippen molar-refractivity contribution in [3.8, 4) is 0 Å². The molecule has 4 atom stereocenters. The molecule has 0 saturated heterocycles. The Hall–Kier alpha value is -0.0400. The van der Waals surface area contributed by atoms with Crippen LogP contribution in [0, 0.1) is 17.8 Å². The van der Waals surface area contributed by atoms with Gasteiger partial charge in [0.15, 0.2) is 0 Å². The Kier molecular flexibility index (Phi) is 0.563. The Morgan fingerprint density at radius 3 is 3.11 bits per heavy atom. The minimum atomic E-state index is -0.141. The van der Waals surface area contributed by atoms with Gasteiger partial charge in [-0.1, -0.05) is 0 Å². The summed E-state index contributed by atoms with van der Waals surface area (Å²) in [6.45, 7) is 0. The molecule has 0 aromatic heterocycles. The topological polar surface area (TPSA) is 20.2 Å². The van der Waals surface area contributed by atoms with Crippen LogP contribution >= 0.6 is 0 Å². The largest absolute Gasteiger partial charge is 0.390 e. The molecule has 3 aliphatic rings. The minimum Gasteiger partial charge on any atom is -0.390 e. The molecule has 9 heavy (non-hydrogen) atoms. The van der Waals surface area contributed by atoms with Crippen LogP contribution in [0.5, 0.6) is 0 Å². The smallest absolute Gasteiger partial charge is 0.0683 e. The Labute approximate surface area is 55.1 Å². The molecule has 0 aromatic rings. The molecule has 3 rings (SSSR count). The van der Waals surface area contributed by atoms with E-state index in [0.29, 0.717) is 0 Å². The van der Waals surface area contributed by atoms with Crippen molar-refractivity contribution in [2.24, 2.45) is 17.8 Å². The summed E-state index contributed by atoms with van der Waals surface area (Å²) in [5.74, 6) is 2.75. The first-order chi connectivity index (χ1) is 4.30. The highest BCUT2D eigenvalue weighted by atomic mass is 16.3. The lowest BCUT2D eigenvalue weighted by molar-refractivity contribution is 0.0980. The van der Waals surface area contributed by atoms with Gasteiger partial charge in [0.1, 0.15) is 0 Å². The zero-order chi connectivity index (χ0) is 6.06. The zero-order valence-corrected chi connectivity index (χ0v) is 5.51. The van der Waals surface area contributed by atoms with Gasteiger partial charge in [-0.3, -0.25) is 0 Å². The predicted octanol–water partition coefficient (Wildman–Crippen LogP) is 1.17. The van der Waals surface area contributed by atoms with Crippen molar-refractivity contribution in [2.75, 3.05) is 0 Å². The summed E-state index contributed by atoms with van der Waals surface area (Å²) in [6.07, 6.45) is 5.00. The molecule has 0 amide bonds. The van der Waals surface area contributed by atoms with Crippen LogP contribution in [0.15, 0.2) is 0 Å². The van der Waals surface area contributed by atoms with Crippen molar-refractivity contribution >= 4 is 0 Å². The number of fused-ring (bicyclic) bond motifs is 3. The van der Waals surface area contributed by atoms with Crippen molar-refractivity contribution in [2.45, 2.75) is 31.3 Å². The van der Waals surface area contributed by atoms with Gasteiger partial charge in [0.25, 0.3) is 0 Å². The van der Waals surface area contributed by atoms with E-state index >= 15 is 0 Å². The van der Waals surface area contributed by atoms with Gasteiger partial charge in [-0.2, -0.15) is 0 Å². The highest BCUT2D eigenvalue weighted by molar-refractivity contribution is 5.16. The summed E-state index contributed by atoms with van der Waals surface area (Å²) in [4.78, 5) is 0. The van der Waals surface area contributed by atoms with Gasteiger partial charge in [0.2, 0.25) is 0 Å². The third kappa shape index (κ3) is 0.454. The molecule has 0 aliphatic heterocycles. The van der Waals surface area contributed by atoms with Gasteiger partial charge in [-0.15, -0.1) is 0 Å². The molecule has 0 aromatic carbocycles. The fraction of sp³-hybridized carbons (Fsp3) is 1.00. The van der Waals surface area contributed by atoms with E-state index in [1.165, 1.54) is 12.8 Å². The van der Waals surface area contributed by atoms with Crippen molar-refractivity contribution in [1.29, 1.82) is 0 Å². The molecule has 0 spiro atoms. The van der Waals surface area contributed by atoms with Gasteiger partial charge in [0.05, 0.1) is 5.60 Å². The third-order valence-corrected chi connectivity index (χ3v) is 3.55. The van der Waals surface area contributed by atoms with Gasteiger partial charge in [-0.05, 0) is 43.4 Å². The summed E-state index contributed by atoms with van der Waals surface area (Å²) < 4.78 is 0. The fourth-order valence-corrected chi connectivity index (χ4v) is 2.69. The zero-order valence-electron chi connectivity index (χ0n) is 5.51. The lowest BCUT2D eigenvalue weighted by Gasteiger charge is -2.14. The molecule has 4 unspecified atom stereocenters. The van der Waals surface area contributed by atoms with Crippen LogP contribution in [0.25, 0.3) is 0 Å². The van der Waals surface area contributed by atoms with Crippen molar-refractivity contribution in [1.82, 2.24) is 0 Å². The van der Waals surface area contributed by atoms with Gasteiger partial charge < -0.3 is 5.11 Å². The quantitative estimate of drug-likeness (QED) is 0.514. The van der Waals surface area contributed by atoms with Crippen molar-refractivity contribution in [3.63, 3.8) is 0 Å². The van der Waals surface area contributed by atoms with Gasteiger partial charge in [0, 0.05) is 0 Å². The van der Waals surface area contributed by atoms with Gasteiger partial charge >= 0.3 is 0 Å². The Morgan fingerprint density at radius 1 is 1.44 bits per heavy atom. The molecular formula is C8H12O. The molecule has 0 heterocycles. The first-order valence-corrected chi connectivity index (χ1v) is 4.02. The summed E-state index contributed by atoms with van der Waals surface area (Å²) >= 11 is 0. The van der Waals surface area contributed by atoms with Crippen LogP contribution < -0.4 is 0 Å². The predicted molar refractivity (Wildman–Crippen MR) is 33.9 cm³/mol. The van der Waals surface area contributed by atoms with Crippen LogP contribution in [0.3, 0.4) is 0 Å². The van der Waals surface area contributed by atoms with E-state index in [4.69, 9.17) is 0 Å². The number of hydrogen-bond donors (Lipinski definition) is 1. The fourth-order valence-electron chi connectivity index (χ4n) is 2.69. The first-order valence-electron chi connectivity index (χ1n) is 4.02. The lowest BCUT2D eigenvalue weighted by atomic mass is 9.98. The monoisotopic (exact) mass is 124 g/mol. The van der Waals surface area contributed by atoms with E-state index in [1.807, 2.05) is 0 Å². The van der Waals surface area contributed by atoms with Crippen LogP contribution in [0.1, 0.15) is 25.7 Å². The standard InChI is InChI=1S/C8H12O/c9-8-2-1-5-3-6(5)7(8)4-8/h5-7,9H,1-4H2. The molecule has 1 heteroatoms.